The van der Waals surface area contributed by atoms with Crippen molar-refractivity contribution in [2.45, 2.75) is 20.1 Å². The average molecular weight is 469 g/mol. The van der Waals surface area contributed by atoms with Gasteiger partial charge in [0.2, 0.25) is 0 Å². The molecule has 0 spiro atoms. The number of methoxy groups -OCH3 is 1. The Morgan fingerprint density at radius 1 is 1.22 bits per heavy atom. The highest BCUT2D eigenvalue weighted by Crippen LogP contribution is 2.26. The second-order valence-corrected chi connectivity index (χ2v) is 8.02. The Balaban J connectivity index is 1.52. The molecule has 6 nitrogen and oxygen atoms in total. The molecule has 8 heteroatoms. The number of thiocarbonyl (C=S) groups is 1. The van der Waals surface area contributed by atoms with Gasteiger partial charge in [-0.1, -0.05) is 17.7 Å². The second-order valence-electron chi connectivity index (χ2n) is 7.23. The van der Waals surface area contributed by atoms with E-state index in [1.807, 2.05) is 37.3 Å². The standard InChI is InChI=1S/C24H21ClN2O4S/c1-15-10-18(6-7-20(15)25)31-14-17-11-16(5-8-22(17)29-2)12-21-23(28)27(24(32)26-21)13-19-4-3-9-30-19/h3-12H,13-14H2,1-2H3,(H,26,32)/b21-12+. The van der Waals surface area contributed by atoms with Crippen LogP contribution in [0.1, 0.15) is 22.5 Å². The van der Waals surface area contributed by atoms with Gasteiger partial charge in [-0.05, 0) is 78.8 Å². The van der Waals surface area contributed by atoms with Crippen LogP contribution in [-0.2, 0) is 17.9 Å². The SMILES string of the molecule is COc1ccc(/C=C2/NC(=S)N(Cc3ccco3)C2=O)cc1COc1ccc(Cl)c(C)c1. The van der Waals surface area contributed by atoms with Gasteiger partial charge in [-0.25, -0.2) is 0 Å². The first kappa shape index (κ1) is 21.9. The summed E-state index contributed by atoms with van der Waals surface area (Å²) in [5.74, 6) is 1.85. The van der Waals surface area contributed by atoms with Gasteiger partial charge < -0.3 is 19.2 Å². The summed E-state index contributed by atoms with van der Waals surface area (Å²) in [5, 5.41) is 4.02. The number of nitrogens with one attached hydrogen (secondary N) is 1. The molecule has 1 aliphatic heterocycles. The summed E-state index contributed by atoms with van der Waals surface area (Å²) < 4.78 is 16.7. The molecule has 1 aromatic heterocycles. The second kappa shape index (κ2) is 9.46. The van der Waals surface area contributed by atoms with E-state index in [1.165, 1.54) is 4.90 Å². The number of halogens is 1. The molecule has 0 radical (unpaired) electrons. The van der Waals surface area contributed by atoms with Crippen LogP contribution in [0.25, 0.3) is 6.08 Å². The molecule has 1 aliphatic rings. The van der Waals surface area contributed by atoms with Gasteiger partial charge in [-0.2, -0.15) is 0 Å². The van der Waals surface area contributed by atoms with Gasteiger partial charge in [0.25, 0.3) is 5.91 Å². The van der Waals surface area contributed by atoms with E-state index < -0.39 is 0 Å². The van der Waals surface area contributed by atoms with Crippen molar-refractivity contribution in [3.05, 3.63) is 88.0 Å². The monoisotopic (exact) mass is 468 g/mol. The number of rotatable bonds is 7. The Morgan fingerprint density at radius 3 is 2.78 bits per heavy atom. The highest BCUT2D eigenvalue weighted by atomic mass is 35.5. The van der Waals surface area contributed by atoms with Crippen LogP contribution in [0.5, 0.6) is 11.5 Å². The molecule has 164 valence electrons. The first-order valence-corrected chi connectivity index (χ1v) is 10.7. The first-order valence-electron chi connectivity index (χ1n) is 9.87. The number of ether oxygens (including phenoxy) is 2. The summed E-state index contributed by atoms with van der Waals surface area (Å²) in [4.78, 5) is 14.3. The van der Waals surface area contributed by atoms with Gasteiger partial charge >= 0.3 is 0 Å². The van der Waals surface area contributed by atoms with E-state index >= 15 is 0 Å². The van der Waals surface area contributed by atoms with Crippen molar-refractivity contribution < 1.29 is 18.7 Å². The predicted octanol–water partition coefficient (Wildman–Crippen LogP) is 5.09. The average Bonchev–Trinajstić information content (AvgIpc) is 3.39. The molecule has 1 fully saturated rings. The summed E-state index contributed by atoms with van der Waals surface area (Å²) >= 11 is 11.4. The van der Waals surface area contributed by atoms with Crippen molar-refractivity contribution in [1.82, 2.24) is 10.2 Å². The van der Waals surface area contributed by atoms with Gasteiger partial charge in [-0.3, -0.25) is 9.69 Å². The summed E-state index contributed by atoms with van der Waals surface area (Å²) in [7, 11) is 1.61. The zero-order valence-electron chi connectivity index (χ0n) is 17.6. The van der Waals surface area contributed by atoms with E-state index in [-0.39, 0.29) is 12.5 Å². The number of hydrogen-bond acceptors (Lipinski definition) is 5. The number of carbonyl (C=O) groups excluding carboxylic acids is 1. The Hall–Kier alpha value is -3.29. The topological polar surface area (TPSA) is 63.9 Å². The Labute approximate surface area is 196 Å². The van der Waals surface area contributed by atoms with Crippen molar-refractivity contribution in [3.8, 4) is 11.5 Å². The summed E-state index contributed by atoms with van der Waals surface area (Å²) in [6.45, 7) is 2.50. The van der Waals surface area contributed by atoms with Crippen LogP contribution >= 0.6 is 23.8 Å². The molecule has 0 aliphatic carbocycles. The predicted molar refractivity (Wildman–Crippen MR) is 126 cm³/mol. The lowest BCUT2D eigenvalue weighted by Gasteiger charge is -2.12. The first-order chi connectivity index (χ1) is 15.4. The van der Waals surface area contributed by atoms with Crippen molar-refractivity contribution in [2.75, 3.05) is 7.11 Å². The van der Waals surface area contributed by atoms with Crippen LogP contribution in [0.3, 0.4) is 0 Å². The maximum Gasteiger partial charge on any atom is 0.276 e. The Bertz CT molecular complexity index is 1190. The third-order valence-corrected chi connectivity index (χ3v) is 5.74. The smallest absolute Gasteiger partial charge is 0.276 e. The van der Waals surface area contributed by atoms with Crippen LogP contribution in [-0.4, -0.2) is 23.0 Å². The highest BCUT2D eigenvalue weighted by Gasteiger charge is 2.31. The third-order valence-electron chi connectivity index (χ3n) is 5.00. The lowest BCUT2D eigenvalue weighted by molar-refractivity contribution is -0.122. The normalized spacial score (nSPS) is 14.7. The van der Waals surface area contributed by atoms with Crippen molar-refractivity contribution in [3.63, 3.8) is 0 Å². The van der Waals surface area contributed by atoms with Gasteiger partial charge in [0.05, 0.1) is 19.9 Å². The largest absolute Gasteiger partial charge is 0.496 e. The van der Waals surface area contributed by atoms with Gasteiger partial charge in [-0.15, -0.1) is 0 Å². The summed E-state index contributed by atoms with van der Waals surface area (Å²) in [6, 6.07) is 14.7. The minimum atomic E-state index is -0.211. The fraction of sp³-hybridized carbons (Fsp3) is 0.167. The maximum absolute atomic E-state index is 12.8. The van der Waals surface area contributed by atoms with Crippen molar-refractivity contribution >= 4 is 40.9 Å². The van der Waals surface area contributed by atoms with Crippen molar-refractivity contribution in [2.24, 2.45) is 0 Å². The van der Waals surface area contributed by atoms with E-state index in [0.717, 1.165) is 16.7 Å². The molecule has 0 unspecified atom stereocenters. The lowest BCUT2D eigenvalue weighted by Crippen LogP contribution is -2.29. The highest BCUT2D eigenvalue weighted by molar-refractivity contribution is 7.80. The zero-order valence-corrected chi connectivity index (χ0v) is 19.1. The molecule has 2 aromatic carbocycles. The molecule has 32 heavy (non-hydrogen) atoms. The molecule has 3 aromatic rings. The van der Waals surface area contributed by atoms with Gasteiger partial charge in [0.15, 0.2) is 5.11 Å². The number of nitrogens with zero attached hydrogens (tertiary/aromatic N) is 1. The van der Waals surface area contributed by atoms with Crippen LogP contribution < -0.4 is 14.8 Å². The number of furan rings is 1. The number of aryl methyl sites for hydroxylation is 1. The molecule has 1 amide bonds. The molecule has 1 saturated heterocycles. The van der Waals surface area contributed by atoms with Crippen LogP contribution in [0.2, 0.25) is 5.02 Å². The summed E-state index contributed by atoms with van der Waals surface area (Å²) in [6.07, 6.45) is 3.32. The quantitative estimate of drug-likeness (QED) is 0.385. The number of hydrogen-bond donors (Lipinski definition) is 1. The third kappa shape index (κ3) is 4.79. The fourth-order valence-electron chi connectivity index (χ4n) is 3.31. The van der Waals surface area contributed by atoms with E-state index in [4.69, 9.17) is 37.7 Å². The van der Waals surface area contributed by atoms with Crippen LogP contribution in [0.15, 0.2) is 64.9 Å². The minimum absolute atomic E-state index is 0.211. The minimum Gasteiger partial charge on any atom is -0.496 e. The number of carbonyl (C=O) groups is 1. The van der Waals surface area contributed by atoms with Gasteiger partial charge in [0.1, 0.15) is 29.6 Å². The Kier molecular flexibility index (Phi) is 6.48. The zero-order chi connectivity index (χ0) is 22.7. The Morgan fingerprint density at radius 2 is 2.06 bits per heavy atom. The molecule has 0 bridgehead atoms. The molecule has 2 heterocycles. The molecular formula is C24H21ClN2O4S. The molecule has 1 N–H and O–H groups in total. The van der Waals surface area contributed by atoms with Crippen LogP contribution in [0.4, 0.5) is 0 Å². The molecule has 4 rings (SSSR count). The van der Waals surface area contributed by atoms with E-state index in [0.29, 0.717) is 39.7 Å². The number of amides is 1. The van der Waals surface area contributed by atoms with E-state index in [9.17, 15) is 4.79 Å². The number of benzene rings is 2. The van der Waals surface area contributed by atoms with E-state index in [2.05, 4.69) is 5.32 Å². The molecular weight excluding hydrogens is 448 g/mol. The van der Waals surface area contributed by atoms with Crippen molar-refractivity contribution in [1.29, 1.82) is 0 Å². The lowest BCUT2D eigenvalue weighted by atomic mass is 10.1. The molecule has 0 atom stereocenters. The van der Waals surface area contributed by atoms with Crippen LogP contribution in [0, 0.1) is 6.92 Å². The van der Waals surface area contributed by atoms with Gasteiger partial charge in [0, 0.05) is 10.6 Å². The maximum atomic E-state index is 12.8. The molecule has 0 saturated carbocycles. The fourth-order valence-corrected chi connectivity index (χ4v) is 3.68. The summed E-state index contributed by atoms with van der Waals surface area (Å²) in [5.41, 5.74) is 2.99. The van der Waals surface area contributed by atoms with E-state index in [1.54, 1.807) is 37.6 Å².